The molecule has 0 saturated carbocycles. The Balaban J connectivity index is 2.01. The van der Waals surface area contributed by atoms with Crippen LogP contribution in [0.3, 0.4) is 0 Å². The lowest BCUT2D eigenvalue weighted by atomic mass is 9.97. The van der Waals surface area contributed by atoms with Crippen LogP contribution < -0.4 is 5.32 Å². The Labute approximate surface area is 153 Å². The summed E-state index contributed by atoms with van der Waals surface area (Å²) in [6.07, 6.45) is 1.17. The fourth-order valence-electron chi connectivity index (χ4n) is 2.92. The van der Waals surface area contributed by atoms with Gasteiger partial charge in [-0.3, -0.25) is 9.59 Å². The van der Waals surface area contributed by atoms with Crippen molar-refractivity contribution in [2.24, 2.45) is 0 Å². The number of nitrogens with zero attached hydrogens (tertiary/aromatic N) is 2. The van der Waals surface area contributed by atoms with Gasteiger partial charge >= 0.3 is 0 Å². The van der Waals surface area contributed by atoms with Crippen LogP contribution in [0, 0.1) is 13.8 Å². The van der Waals surface area contributed by atoms with Gasteiger partial charge in [0.15, 0.2) is 0 Å². The second kappa shape index (κ2) is 8.30. The van der Waals surface area contributed by atoms with Gasteiger partial charge in [-0.05, 0) is 43.9 Å². The number of benzene rings is 1. The molecule has 0 aliphatic heterocycles. The van der Waals surface area contributed by atoms with E-state index in [0.29, 0.717) is 16.6 Å². The summed E-state index contributed by atoms with van der Waals surface area (Å²) in [6.45, 7) is 8.07. The first-order valence-electron chi connectivity index (χ1n) is 8.48. The van der Waals surface area contributed by atoms with E-state index in [9.17, 15) is 9.59 Å². The van der Waals surface area contributed by atoms with E-state index in [-0.39, 0.29) is 24.7 Å². The molecule has 134 valence electrons. The highest BCUT2D eigenvalue weighted by atomic mass is 35.5. The van der Waals surface area contributed by atoms with E-state index in [4.69, 9.17) is 11.6 Å². The normalized spacial score (nSPS) is 12.0. The Morgan fingerprint density at radius 1 is 1.24 bits per heavy atom. The first kappa shape index (κ1) is 19.2. The van der Waals surface area contributed by atoms with Gasteiger partial charge in [-0.25, -0.2) is 4.68 Å². The standard InChI is InChI=1S/C19H24ClN3O2/c1-5-12(2)19-13(3)22-23(14(19)4)18(25)11-10-17(24)21-16-9-7-6-8-15(16)20/h6-9,12H,5,10-11H2,1-4H3,(H,21,24). The molecule has 6 heteroatoms. The number of hydrogen-bond donors (Lipinski definition) is 1. The Morgan fingerprint density at radius 3 is 2.56 bits per heavy atom. The summed E-state index contributed by atoms with van der Waals surface area (Å²) in [5, 5.41) is 7.56. The Kier molecular flexibility index (Phi) is 6.37. The van der Waals surface area contributed by atoms with E-state index in [0.717, 1.165) is 23.4 Å². The number of hydrogen-bond acceptors (Lipinski definition) is 3. The molecule has 1 aromatic carbocycles. The van der Waals surface area contributed by atoms with Crippen molar-refractivity contribution in [2.75, 3.05) is 5.32 Å². The topological polar surface area (TPSA) is 64.0 Å². The summed E-state index contributed by atoms with van der Waals surface area (Å²) in [4.78, 5) is 24.5. The minimum atomic E-state index is -0.245. The molecule has 0 radical (unpaired) electrons. The third-order valence-electron chi connectivity index (χ3n) is 4.40. The maximum absolute atomic E-state index is 12.5. The summed E-state index contributed by atoms with van der Waals surface area (Å²) in [7, 11) is 0. The second-order valence-electron chi connectivity index (χ2n) is 6.23. The Bertz CT molecular complexity index is 783. The van der Waals surface area contributed by atoms with Crippen LogP contribution in [0.2, 0.25) is 5.02 Å². The van der Waals surface area contributed by atoms with Gasteiger partial charge in [0, 0.05) is 18.5 Å². The van der Waals surface area contributed by atoms with Gasteiger partial charge in [0.1, 0.15) is 0 Å². The summed E-state index contributed by atoms with van der Waals surface area (Å²) in [6, 6.07) is 7.01. The zero-order valence-electron chi connectivity index (χ0n) is 15.1. The molecule has 2 aromatic rings. The highest BCUT2D eigenvalue weighted by Gasteiger charge is 2.20. The third-order valence-corrected chi connectivity index (χ3v) is 4.73. The van der Waals surface area contributed by atoms with Crippen LogP contribution >= 0.6 is 11.6 Å². The molecule has 0 bridgehead atoms. The highest BCUT2D eigenvalue weighted by Crippen LogP contribution is 2.26. The van der Waals surface area contributed by atoms with Crippen molar-refractivity contribution in [2.45, 2.75) is 52.9 Å². The number of rotatable bonds is 6. The zero-order chi connectivity index (χ0) is 18.6. The molecule has 25 heavy (non-hydrogen) atoms. The van der Waals surface area contributed by atoms with Gasteiger partial charge in [0.2, 0.25) is 11.8 Å². The van der Waals surface area contributed by atoms with Crippen molar-refractivity contribution in [3.8, 4) is 0 Å². The van der Waals surface area contributed by atoms with Gasteiger partial charge in [0.05, 0.1) is 16.4 Å². The van der Waals surface area contributed by atoms with E-state index in [1.54, 1.807) is 24.3 Å². The number of para-hydroxylation sites is 1. The molecule has 1 amide bonds. The lowest BCUT2D eigenvalue weighted by molar-refractivity contribution is -0.116. The molecule has 1 N–H and O–H groups in total. The molecule has 0 saturated heterocycles. The fourth-order valence-corrected chi connectivity index (χ4v) is 3.10. The van der Waals surface area contributed by atoms with Crippen LogP contribution in [0.25, 0.3) is 0 Å². The molecule has 2 rings (SSSR count). The number of amides is 1. The number of halogens is 1. The molecular formula is C19H24ClN3O2. The maximum Gasteiger partial charge on any atom is 0.247 e. The van der Waals surface area contributed by atoms with Crippen molar-refractivity contribution >= 4 is 29.1 Å². The number of aryl methyl sites for hydroxylation is 1. The zero-order valence-corrected chi connectivity index (χ0v) is 15.9. The van der Waals surface area contributed by atoms with E-state index in [1.807, 2.05) is 13.8 Å². The van der Waals surface area contributed by atoms with Crippen LogP contribution in [0.5, 0.6) is 0 Å². The predicted molar refractivity (Wildman–Crippen MR) is 100 cm³/mol. The number of anilines is 1. The molecule has 1 heterocycles. The van der Waals surface area contributed by atoms with Crippen molar-refractivity contribution in [3.05, 3.63) is 46.2 Å². The molecule has 5 nitrogen and oxygen atoms in total. The van der Waals surface area contributed by atoms with E-state index < -0.39 is 0 Å². The molecule has 0 aliphatic rings. The molecule has 0 spiro atoms. The minimum absolute atomic E-state index is 0.0844. The van der Waals surface area contributed by atoms with Crippen LogP contribution in [-0.2, 0) is 4.79 Å². The molecule has 1 unspecified atom stereocenters. The lowest BCUT2D eigenvalue weighted by Crippen LogP contribution is -2.18. The molecule has 1 aromatic heterocycles. The molecule has 0 aliphatic carbocycles. The third kappa shape index (κ3) is 4.48. The first-order chi connectivity index (χ1) is 11.8. The Hall–Kier alpha value is -2.14. The van der Waals surface area contributed by atoms with Crippen LogP contribution in [0.4, 0.5) is 5.69 Å². The fraction of sp³-hybridized carbons (Fsp3) is 0.421. The van der Waals surface area contributed by atoms with Crippen molar-refractivity contribution in [3.63, 3.8) is 0 Å². The number of aromatic nitrogens is 2. The average molecular weight is 362 g/mol. The maximum atomic E-state index is 12.5. The van der Waals surface area contributed by atoms with E-state index in [2.05, 4.69) is 24.3 Å². The van der Waals surface area contributed by atoms with Gasteiger partial charge in [-0.1, -0.05) is 37.6 Å². The van der Waals surface area contributed by atoms with Crippen LogP contribution in [-0.4, -0.2) is 21.6 Å². The summed E-state index contributed by atoms with van der Waals surface area (Å²) in [5.41, 5.74) is 3.41. The van der Waals surface area contributed by atoms with Gasteiger partial charge < -0.3 is 5.32 Å². The monoisotopic (exact) mass is 361 g/mol. The van der Waals surface area contributed by atoms with E-state index in [1.165, 1.54) is 4.68 Å². The number of carbonyl (C=O) groups excluding carboxylic acids is 2. The van der Waals surface area contributed by atoms with Crippen LogP contribution in [0.1, 0.15) is 60.8 Å². The van der Waals surface area contributed by atoms with Crippen molar-refractivity contribution in [1.82, 2.24) is 9.78 Å². The van der Waals surface area contributed by atoms with Gasteiger partial charge in [-0.15, -0.1) is 0 Å². The number of carbonyl (C=O) groups is 2. The minimum Gasteiger partial charge on any atom is -0.325 e. The number of nitrogens with one attached hydrogen (secondary N) is 1. The second-order valence-corrected chi connectivity index (χ2v) is 6.63. The summed E-state index contributed by atoms with van der Waals surface area (Å²) in [5.74, 6) is -0.0698. The summed E-state index contributed by atoms with van der Waals surface area (Å²) >= 11 is 6.02. The predicted octanol–water partition coefficient (Wildman–Crippen LogP) is 4.73. The van der Waals surface area contributed by atoms with Gasteiger partial charge in [-0.2, -0.15) is 5.10 Å². The lowest BCUT2D eigenvalue weighted by Gasteiger charge is -2.10. The van der Waals surface area contributed by atoms with E-state index >= 15 is 0 Å². The first-order valence-corrected chi connectivity index (χ1v) is 8.86. The SMILES string of the molecule is CCC(C)c1c(C)nn(C(=O)CCC(=O)Nc2ccccc2Cl)c1C. The molecular weight excluding hydrogens is 338 g/mol. The van der Waals surface area contributed by atoms with Gasteiger partial charge in [0.25, 0.3) is 0 Å². The average Bonchev–Trinajstić information content (AvgIpc) is 2.88. The highest BCUT2D eigenvalue weighted by molar-refractivity contribution is 6.33. The van der Waals surface area contributed by atoms with Crippen LogP contribution in [0.15, 0.2) is 24.3 Å². The smallest absolute Gasteiger partial charge is 0.247 e. The van der Waals surface area contributed by atoms with Crippen molar-refractivity contribution < 1.29 is 9.59 Å². The molecule has 1 atom stereocenters. The quantitative estimate of drug-likeness (QED) is 0.809. The molecule has 0 fully saturated rings. The van der Waals surface area contributed by atoms with Crippen molar-refractivity contribution in [1.29, 1.82) is 0 Å². The Morgan fingerprint density at radius 2 is 1.92 bits per heavy atom. The summed E-state index contributed by atoms with van der Waals surface area (Å²) < 4.78 is 1.43. The largest absolute Gasteiger partial charge is 0.325 e.